The maximum Gasteiger partial charge on any atom is 0.328 e. The van der Waals surface area contributed by atoms with Crippen LogP contribution >= 0.6 is 0 Å². The molecule has 5 nitrogen and oxygen atoms in total. The van der Waals surface area contributed by atoms with Crippen LogP contribution in [0.1, 0.15) is 44.0 Å². The van der Waals surface area contributed by atoms with Crippen LogP contribution in [-0.4, -0.2) is 31.1 Å². The van der Waals surface area contributed by atoms with E-state index in [1.807, 2.05) is 0 Å². The molecule has 116 valence electrons. The summed E-state index contributed by atoms with van der Waals surface area (Å²) in [6, 6.07) is 6.18. The smallest absolute Gasteiger partial charge is 0.328 e. The first-order valence-corrected chi connectivity index (χ1v) is 7.28. The average Bonchev–Trinajstić information content (AvgIpc) is 2.48. The SMILES string of the molecule is CCCCOc1ccc(C(=O)N[C@@H](C)C(=O)OCC)cc1. The quantitative estimate of drug-likeness (QED) is 0.591. The Morgan fingerprint density at radius 1 is 1.19 bits per heavy atom. The summed E-state index contributed by atoms with van der Waals surface area (Å²) in [4.78, 5) is 23.4. The largest absolute Gasteiger partial charge is 0.494 e. The Labute approximate surface area is 125 Å². The van der Waals surface area contributed by atoms with Gasteiger partial charge in [-0.2, -0.15) is 0 Å². The van der Waals surface area contributed by atoms with E-state index in [-0.39, 0.29) is 5.91 Å². The topological polar surface area (TPSA) is 64.6 Å². The highest BCUT2D eigenvalue weighted by atomic mass is 16.5. The number of hydrogen-bond donors (Lipinski definition) is 1. The van der Waals surface area contributed by atoms with Crippen LogP contribution in [0.15, 0.2) is 24.3 Å². The number of amides is 1. The summed E-state index contributed by atoms with van der Waals surface area (Å²) in [6.45, 7) is 6.38. The predicted molar refractivity (Wildman–Crippen MR) is 80.4 cm³/mol. The summed E-state index contributed by atoms with van der Waals surface area (Å²) in [5.74, 6) is -0.0144. The van der Waals surface area contributed by atoms with Gasteiger partial charge in [0.05, 0.1) is 13.2 Å². The Morgan fingerprint density at radius 3 is 2.43 bits per heavy atom. The van der Waals surface area contributed by atoms with Crippen molar-refractivity contribution in [2.24, 2.45) is 0 Å². The van der Waals surface area contributed by atoms with Gasteiger partial charge in [0, 0.05) is 5.56 Å². The van der Waals surface area contributed by atoms with Gasteiger partial charge in [0.1, 0.15) is 11.8 Å². The number of benzene rings is 1. The number of carbonyl (C=O) groups is 2. The molecule has 0 aliphatic rings. The molecule has 1 N–H and O–H groups in total. The summed E-state index contributed by atoms with van der Waals surface area (Å²) >= 11 is 0. The Balaban J connectivity index is 2.52. The maximum atomic E-state index is 12.0. The minimum atomic E-state index is -0.669. The molecule has 0 radical (unpaired) electrons. The first-order chi connectivity index (χ1) is 10.1. The van der Waals surface area contributed by atoms with E-state index in [9.17, 15) is 9.59 Å². The minimum Gasteiger partial charge on any atom is -0.494 e. The lowest BCUT2D eigenvalue weighted by molar-refractivity contribution is -0.144. The van der Waals surface area contributed by atoms with E-state index < -0.39 is 12.0 Å². The van der Waals surface area contributed by atoms with Crippen LogP contribution in [0.3, 0.4) is 0 Å². The van der Waals surface area contributed by atoms with Gasteiger partial charge in [-0.3, -0.25) is 4.79 Å². The zero-order valence-corrected chi connectivity index (χ0v) is 12.8. The van der Waals surface area contributed by atoms with Crippen molar-refractivity contribution in [2.45, 2.75) is 39.7 Å². The molecular formula is C16H23NO4. The molecule has 1 rings (SSSR count). The molecule has 0 unspecified atom stereocenters. The second-order valence-corrected chi connectivity index (χ2v) is 4.67. The molecule has 0 saturated carbocycles. The van der Waals surface area contributed by atoms with Crippen molar-refractivity contribution in [3.8, 4) is 5.75 Å². The molecule has 1 atom stereocenters. The first-order valence-electron chi connectivity index (χ1n) is 7.28. The lowest BCUT2D eigenvalue weighted by atomic mass is 10.2. The number of nitrogens with one attached hydrogen (secondary N) is 1. The number of ether oxygens (including phenoxy) is 2. The fourth-order valence-electron chi connectivity index (χ4n) is 1.64. The molecule has 1 aromatic rings. The van der Waals surface area contributed by atoms with Gasteiger partial charge >= 0.3 is 5.97 Å². The third kappa shape index (κ3) is 5.85. The molecule has 1 amide bonds. The zero-order valence-electron chi connectivity index (χ0n) is 12.8. The standard InChI is InChI=1S/C16H23NO4/c1-4-6-11-21-14-9-7-13(8-10-14)15(18)17-12(3)16(19)20-5-2/h7-10,12H,4-6,11H2,1-3H3,(H,17,18)/t12-/m0/s1. The van der Waals surface area contributed by atoms with Crippen molar-refractivity contribution in [3.05, 3.63) is 29.8 Å². The first kappa shape index (κ1) is 17.0. The fourth-order valence-corrected chi connectivity index (χ4v) is 1.64. The Bertz CT molecular complexity index is 456. The lowest BCUT2D eigenvalue weighted by Gasteiger charge is -2.13. The van der Waals surface area contributed by atoms with Gasteiger partial charge in [-0.05, 0) is 44.5 Å². The second-order valence-electron chi connectivity index (χ2n) is 4.67. The second kappa shape index (κ2) is 9.00. The monoisotopic (exact) mass is 293 g/mol. The summed E-state index contributed by atoms with van der Waals surface area (Å²) in [7, 11) is 0. The van der Waals surface area contributed by atoms with E-state index in [1.165, 1.54) is 0 Å². The van der Waals surface area contributed by atoms with E-state index in [2.05, 4.69) is 12.2 Å². The lowest BCUT2D eigenvalue weighted by Crippen LogP contribution is -2.39. The van der Waals surface area contributed by atoms with Crippen LogP contribution in [0.4, 0.5) is 0 Å². The van der Waals surface area contributed by atoms with Crippen molar-refractivity contribution >= 4 is 11.9 Å². The Hall–Kier alpha value is -2.04. The molecule has 0 fully saturated rings. The summed E-state index contributed by atoms with van der Waals surface area (Å²) in [6.07, 6.45) is 2.07. The number of unbranched alkanes of at least 4 members (excludes halogenated alkanes) is 1. The van der Waals surface area contributed by atoms with Crippen molar-refractivity contribution in [3.63, 3.8) is 0 Å². The van der Waals surface area contributed by atoms with Gasteiger partial charge in [-0.15, -0.1) is 0 Å². The molecule has 5 heteroatoms. The van der Waals surface area contributed by atoms with Crippen LogP contribution in [0.5, 0.6) is 5.75 Å². The average molecular weight is 293 g/mol. The van der Waals surface area contributed by atoms with Crippen molar-refractivity contribution in [2.75, 3.05) is 13.2 Å². The minimum absolute atomic E-state index is 0.294. The summed E-state index contributed by atoms with van der Waals surface area (Å²) in [5.41, 5.74) is 0.481. The molecule has 0 aliphatic heterocycles. The highest BCUT2D eigenvalue weighted by molar-refractivity contribution is 5.96. The maximum absolute atomic E-state index is 12.0. The Kier molecular flexibility index (Phi) is 7.29. The molecular weight excluding hydrogens is 270 g/mol. The Morgan fingerprint density at radius 2 is 1.86 bits per heavy atom. The molecule has 21 heavy (non-hydrogen) atoms. The molecule has 0 saturated heterocycles. The molecule has 0 spiro atoms. The highest BCUT2D eigenvalue weighted by Gasteiger charge is 2.17. The summed E-state index contributed by atoms with van der Waals surface area (Å²) < 4.78 is 10.4. The van der Waals surface area contributed by atoms with Crippen LogP contribution in [0.25, 0.3) is 0 Å². The van der Waals surface area contributed by atoms with Crippen LogP contribution in [0, 0.1) is 0 Å². The third-order valence-corrected chi connectivity index (χ3v) is 2.87. The number of esters is 1. The molecule has 0 aliphatic carbocycles. The van der Waals surface area contributed by atoms with Crippen LogP contribution in [0.2, 0.25) is 0 Å². The number of carbonyl (C=O) groups excluding carboxylic acids is 2. The third-order valence-electron chi connectivity index (χ3n) is 2.87. The van der Waals surface area contributed by atoms with Gasteiger partial charge in [0.25, 0.3) is 5.91 Å². The van der Waals surface area contributed by atoms with Gasteiger partial charge in [0.15, 0.2) is 0 Å². The van der Waals surface area contributed by atoms with E-state index in [0.29, 0.717) is 18.8 Å². The van der Waals surface area contributed by atoms with E-state index in [1.54, 1.807) is 38.1 Å². The number of hydrogen-bond acceptors (Lipinski definition) is 4. The van der Waals surface area contributed by atoms with E-state index >= 15 is 0 Å². The predicted octanol–water partition coefficient (Wildman–Crippen LogP) is 2.55. The fraction of sp³-hybridized carbons (Fsp3) is 0.500. The summed E-state index contributed by atoms with van der Waals surface area (Å²) in [5, 5.41) is 2.60. The van der Waals surface area contributed by atoms with Crippen molar-refractivity contribution in [1.82, 2.24) is 5.32 Å². The molecule has 1 aromatic carbocycles. The van der Waals surface area contributed by atoms with Gasteiger partial charge in [-0.1, -0.05) is 13.3 Å². The van der Waals surface area contributed by atoms with Gasteiger partial charge < -0.3 is 14.8 Å². The zero-order chi connectivity index (χ0) is 15.7. The van der Waals surface area contributed by atoms with Crippen molar-refractivity contribution in [1.29, 1.82) is 0 Å². The van der Waals surface area contributed by atoms with Gasteiger partial charge in [0.2, 0.25) is 0 Å². The molecule has 0 bridgehead atoms. The molecule has 0 aromatic heterocycles. The van der Waals surface area contributed by atoms with E-state index in [0.717, 1.165) is 18.6 Å². The van der Waals surface area contributed by atoms with E-state index in [4.69, 9.17) is 9.47 Å². The van der Waals surface area contributed by atoms with Crippen molar-refractivity contribution < 1.29 is 19.1 Å². The molecule has 0 heterocycles. The van der Waals surface area contributed by atoms with Gasteiger partial charge in [-0.25, -0.2) is 4.79 Å². The van der Waals surface area contributed by atoms with Crippen LogP contribution < -0.4 is 10.1 Å². The normalized spacial score (nSPS) is 11.6. The highest BCUT2D eigenvalue weighted by Crippen LogP contribution is 2.12. The van der Waals surface area contributed by atoms with Crippen LogP contribution in [-0.2, 0) is 9.53 Å². The number of rotatable bonds is 8.